The van der Waals surface area contributed by atoms with E-state index >= 15 is 0 Å². The molecule has 0 aliphatic heterocycles. The number of anilines is 2. The van der Waals surface area contributed by atoms with Gasteiger partial charge in [0.05, 0.1) is 16.8 Å². The fraction of sp³-hybridized carbons (Fsp3) is 0.111. The summed E-state index contributed by atoms with van der Waals surface area (Å²) in [6.45, 7) is 1.84. The van der Waals surface area contributed by atoms with Gasteiger partial charge >= 0.3 is 6.18 Å². The first kappa shape index (κ1) is 16.8. The van der Waals surface area contributed by atoms with Crippen molar-refractivity contribution in [1.82, 2.24) is 10.2 Å². The molecule has 0 saturated carbocycles. The molecule has 1 heterocycles. The molecular formula is C18H14F3N3O. The zero-order valence-electron chi connectivity index (χ0n) is 13.2. The summed E-state index contributed by atoms with van der Waals surface area (Å²) >= 11 is 0. The van der Waals surface area contributed by atoms with Gasteiger partial charge in [-0.15, -0.1) is 10.2 Å². The Morgan fingerprint density at radius 2 is 1.72 bits per heavy atom. The molecule has 0 aliphatic rings. The highest BCUT2D eigenvalue weighted by Gasteiger charge is 2.29. The van der Waals surface area contributed by atoms with E-state index in [1.807, 2.05) is 13.0 Å². The largest absolute Gasteiger partial charge is 0.417 e. The molecule has 1 N–H and O–H groups in total. The second kappa shape index (κ2) is 6.80. The zero-order chi connectivity index (χ0) is 17.9. The van der Waals surface area contributed by atoms with Crippen molar-refractivity contribution >= 4 is 17.5 Å². The van der Waals surface area contributed by atoms with Gasteiger partial charge in [0, 0.05) is 5.69 Å². The first-order valence-electron chi connectivity index (χ1n) is 7.47. The maximum atomic E-state index is 12.6. The Hall–Kier alpha value is -3.09. The normalized spacial score (nSPS) is 11.8. The van der Waals surface area contributed by atoms with Crippen molar-refractivity contribution in [3.63, 3.8) is 0 Å². The van der Waals surface area contributed by atoms with Crippen LogP contribution < -0.4 is 5.32 Å². The van der Waals surface area contributed by atoms with Crippen LogP contribution in [0, 0.1) is 0 Å². The third kappa shape index (κ3) is 3.88. The maximum absolute atomic E-state index is 12.6. The molecule has 2 aromatic carbocycles. The lowest BCUT2D eigenvalue weighted by molar-refractivity contribution is -0.137. The molecule has 0 radical (unpaired) electrons. The van der Waals surface area contributed by atoms with Crippen LogP contribution in [0.2, 0.25) is 0 Å². The predicted molar refractivity (Wildman–Crippen MR) is 89.2 cm³/mol. The molecule has 0 fully saturated rings. The Bertz CT molecular complexity index is 883. The Morgan fingerprint density at radius 3 is 2.40 bits per heavy atom. The van der Waals surface area contributed by atoms with Crippen LogP contribution in [0.15, 0.2) is 59.0 Å². The summed E-state index contributed by atoms with van der Waals surface area (Å²) in [6.07, 6.45) is -0.893. The molecule has 0 spiro atoms. The van der Waals surface area contributed by atoms with Gasteiger partial charge in [-0.1, -0.05) is 18.2 Å². The highest BCUT2D eigenvalue weighted by molar-refractivity contribution is 5.76. The number of nitrogens with zero attached hydrogens (tertiary/aromatic N) is 2. The van der Waals surface area contributed by atoms with Gasteiger partial charge in [0.1, 0.15) is 0 Å². The second-order valence-corrected chi connectivity index (χ2v) is 5.19. The first-order chi connectivity index (χ1) is 12.0. The van der Waals surface area contributed by atoms with Gasteiger partial charge in [-0.05, 0) is 49.4 Å². The molecule has 7 heteroatoms. The summed E-state index contributed by atoms with van der Waals surface area (Å²) in [4.78, 5) is 0. The molecule has 3 rings (SSSR count). The Kier molecular flexibility index (Phi) is 4.56. The highest BCUT2D eigenvalue weighted by atomic mass is 19.4. The summed E-state index contributed by atoms with van der Waals surface area (Å²) in [7, 11) is 0. The topological polar surface area (TPSA) is 51.0 Å². The third-order valence-corrected chi connectivity index (χ3v) is 3.40. The molecule has 0 unspecified atom stereocenters. The van der Waals surface area contributed by atoms with Crippen LogP contribution in [0.5, 0.6) is 0 Å². The van der Waals surface area contributed by atoms with Crippen molar-refractivity contribution in [2.75, 3.05) is 5.32 Å². The molecule has 0 saturated heterocycles. The van der Waals surface area contributed by atoms with Crippen molar-refractivity contribution in [1.29, 1.82) is 0 Å². The summed E-state index contributed by atoms with van der Waals surface area (Å²) in [5.74, 6) is 0.699. The molecule has 0 atom stereocenters. The van der Waals surface area contributed by atoms with Gasteiger partial charge in [-0.3, -0.25) is 0 Å². The molecule has 25 heavy (non-hydrogen) atoms. The van der Waals surface area contributed by atoms with E-state index in [0.29, 0.717) is 28.7 Å². The first-order valence-corrected chi connectivity index (χ1v) is 7.47. The third-order valence-electron chi connectivity index (χ3n) is 3.40. The monoisotopic (exact) mass is 345 g/mol. The minimum absolute atomic E-state index is 0.322. The summed E-state index contributed by atoms with van der Waals surface area (Å²) in [5.41, 5.74) is 1.14. The van der Waals surface area contributed by atoms with Crippen LogP contribution >= 0.6 is 0 Å². The van der Waals surface area contributed by atoms with Crippen LogP contribution in [-0.4, -0.2) is 10.2 Å². The zero-order valence-corrected chi connectivity index (χ0v) is 13.2. The maximum Gasteiger partial charge on any atom is 0.416 e. The molecule has 4 nitrogen and oxygen atoms in total. The standard InChI is InChI=1S/C18H14F3N3O/c1-2-5-16-23-24-17(25-16)14-6-3-4-7-15(14)22-13-10-8-12(9-11-13)18(19,20)21/h2-11,22H,1H3. The SMILES string of the molecule is CC=Cc1nnc(-c2ccccc2Nc2ccc(C(F)(F)F)cc2)o1. The number of aromatic nitrogens is 2. The Balaban J connectivity index is 1.88. The van der Waals surface area contributed by atoms with E-state index in [1.165, 1.54) is 12.1 Å². The van der Waals surface area contributed by atoms with E-state index in [2.05, 4.69) is 15.5 Å². The number of hydrogen-bond acceptors (Lipinski definition) is 4. The quantitative estimate of drug-likeness (QED) is 0.675. The lowest BCUT2D eigenvalue weighted by Gasteiger charge is -2.11. The van der Waals surface area contributed by atoms with E-state index in [9.17, 15) is 13.2 Å². The van der Waals surface area contributed by atoms with Gasteiger partial charge < -0.3 is 9.73 Å². The number of benzene rings is 2. The van der Waals surface area contributed by atoms with Gasteiger partial charge in [-0.25, -0.2) is 0 Å². The van der Waals surface area contributed by atoms with Gasteiger partial charge in [0.2, 0.25) is 11.8 Å². The average molecular weight is 345 g/mol. The van der Waals surface area contributed by atoms with Crippen molar-refractivity contribution in [2.45, 2.75) is 13.1 Å². The highest BCUT2D eigenvalue weighted by Crippen LogP contribution is 2.32. The van der Waals surface area contributed by atoms with E-state index in [0.717, 1.165) is 12.1 Å². The number of alkyl halides is 3. The number of hydrogen-bond donors (Lipinski definition) is 1. The van der Waals surface area contributed by atoms with Gasteiger partial charge in [0.25, 0.3) is 0 Å². The number of nitrogens with one attached hydrogen (secondary N) is 1. The predicted octanol–water partition coefficient (Wildman–Crippen LogP) is 5.53. The number of allylic oxidation sites excluding steroid dienone is 1. The van der Waals surface area contributed by atoms with Gasteiger partial charge in [-0.2, -0.15) is 13.2 Å². The molecule has 1 aromatic heterocycles. The van der Waals surface area contributed by atoms with E-state index < -0.39 is 11.7 Å². The summed E-state index contributed by atoms with van der Waals surface area (Å²) in [6, 6.07) is 12.0. The molecule has 0 amide bonds. The lowest BCUT2D eigenvalue weighted by atomic mass is 10.1. The van der Waals surface area contributed by atoms with Crippen LogP contribution in [-0.2, 0) is 6.18 Å². The average Bonchev–Trinajstić information content (AvgIpc) is 3.04. The van der Waals surface area contributed by atoms with Crippen LogP contribution in [0.4, 0.5) is 24.5 Å². The smallest absolute Gasteiger partial charge is 0.416 e. The van der Waals surface area contributed by atoms with Crippen molar-refractivity contribution in [3.8, 4) is 11.5 Å². The Labute approximate surface area is 142 Å². The van der Waals surface area contributed by atoms with E-state index in [4.69, 9.17) is 4.42 Å². The minimum atomic E-state index is -4.36. The summed E-state index contributed by atoms with van der Waals surface area (Å²) in [5, 5.41) is 11.0. The van der Waals surface area contributed by atoms with E-state index in [-0.39, 0.29) is 0 Å². The number of halogens is 3. The lowest BCUT2D eigenvalue weighted by Crippen LogP contribution is -2.04. The fourth-order valence-corrected chi connectivity index (χ4v) is 2.23. The van der Waals surface area contributed by atoms with Crippen LogP contribution in [0.1, 0.15) is 18.4 Å². The molecule has 0 aliphatic carbocycles. The molecule has 3 aromatic rings. The number of rotatable bonds is 4. The van der Waals surface area contributed by atoms with Gasteiger partial charge in [0.15, 0.2) is 0 Å². The summed E-state index contributed by atoms with van der Waals surface area (Å²) < 4.78 is 43.5. The second-order valence-electron chi connectivity index (χ2n) is 5.19. The fourth-order valence-electron chi connectivity index (χ4n) is 2.23. The van der Waals surface area contributed by atoms with Crippen molar-refractivity contribution in [3.05, 3.63) is 66.1 Å². The number of para-hydroxylation sites is 1. The molecule has 0 bridgehead atoms. The van der Waals surface area contributed by atoms with Crippen molar-refractivity contribution < 1.29 is 17.6 Å². The minimum Gasteiger partial charge on any atom is -0.417 e. The molecular weight excluding hydrogens is 331 g/mol. The van der Waals surface area contributed by atoms with E-state index in [1.54, 1.807) is 30.4 Å². The van der Waals surface area contributed by atoms with Crippen molar-refractivity contribution in [2.24, 2.45) is 0 Å². The molecule has 128 valence electrons. The van der Waals surface area contributed by atoms with Crippen LogP contribution in [0.3, 0.4) is 0 Å². The van der Waals surface area contributed by atoms with Crippen LogP contribution in [0.25, 0.3) is 17.5 Å². The Morgan fingerprint density at radius 1 is 1.00 bits per heavy atom.